The molecule has 3 atom stereocenters. The average molecular weight is 294 g/mol. The molecule has 3 N–H and O–H groups in total. The van der Waals surface area contributed by atoms with Crippen LogP contribution in [-0.4, -0.2) is 24.7 Å². The van der Waals surface area contributed by atoms with Crippen LogP contribution in [0.15, 0.2) is 24.3 Å². The zero-order chi connectivity index (χ0) is 15.8. The first-order valence-electron chi connectivity index (χ1n) is 7.07. The van der Waals surface area contributed by atoms with Gasteiger partial charge >= 0.3 is 0 Å². The molecule has 1 fully saturated rings. The zero-order valence-corrected chi connectivity index (χ0v) is 12.9. The smallest absolute Gasteiger partial charge is 0.239 e. The van der Waals surface area contributed by atoms with Crippen molar-refractivity contribution in [1.29, 1.82) is 0 Å². The molecule has 1 aliphatic rings. The van der Waals surface area contributed by atoms with Crippen molar-refractivity contribution < 1.29 is 13.9 Å². The Kier molecular flexibility index (Phi) is 4.08. The molecule has 0 aromatic heterocycles. The number of hydrogen-bond acceptors (Lipinski definition) is 3. The molecule has 0 saturated heterocycles. The van der Waals surface area contributed by atoms with Crippen LogP contribution in [-0.2, 0) is 9.53 Å². The molecule has 3 unspecified atom stereocenters. The van der Waals surface area contributed by atoms with Gasteiger partial charge in [0.05, 0.1) is 5.60 Å². The SMILES string of the molecule is COC1(C)CC(NC(C(N)=O)c2ccc(F)cc2)C1(C)C. The number of nitrogens with two attached hydrogens (primary N) is 1. The molecule has 21 heavy (non-hydrogen) atoms. The number of primary amides is 1. The molecule has 0 aliphatic heterocycles. The van der Waals surface area contributed by atoms with Gasteiger partial charge in [-0.15, -0.1) is 0 Å². The standard InChI is InChI=1S/C16H23FN2O2/c1-15(2)12(9-16(15,3)21-4)19-13(14(18)20)10-5-7-11(17)8-6-10/h5-8,12-13,19H,9H2,1-4H3,(H2,18,20). The Balaban J connectivity index is 2.16. The monoisotopic (exact) mass is 294 g/mol. The van der Waals surface area contributed by atoms with Crippen molar-refractivity contribution in [3.05, 3.63) is 35.6 Å². The first kappa shape index (κ1) is 15.9. The third kappa shape index (κ3) is 2.68. The highest BCUT2D eigenvalue weighted by Gasteiger charge is 2.58. The molecule has 1 saturated carbocycles. The van der Waals surface area contributed by atoms with Gasteiger partial charge in [0.15, 0.2) is 0 Å². The van der Waals surface area contributed by atoms with E-state index in [4.69, 9.17) is 10.5 Å². The number of rotatable bonds is 5. The van der Waals surface area contributed by atoms with Gasteiger partial charge in [0.25, 0.3) is 0 Å². The van der Waals surface area contributed by atoms with Crippen LogP contribution in [0.5, 0.6) is 0 Å². The van der Waals surface area contributed by atoms with Gasteiger partial charge < -0.3 is 10.5 Å². The van der Waals surface area contributed by atoms with Gasteiger partial charge in [-0.3, -0.25) is 10.1 Å². The van der Waals surface area contributed by atoms with Crippen LogP contribution in [0.2, 0.25) is 0 Å². The van der Waals surface area contributed by atoms with Crippen LogP contribution in [0.3, 0.4) is 0 Å². The lowest BCUT2D eigenvalue weighted by Crippen LogP contribution is -2.68. The Morgan fingerprint density at radius 2 is 1.95 bits per heavy atom. The summed E-state index contributed by atoms with van der Waals surface area (Å²) < 4.78 is 18.6. The minimum atomic E-state index is -0.628. The van der Waals surface area contributed by atoms with Crippen molar-refractivity contribution in [2.45, 2.75) is 44.9 Å². The molecule has 1 aliphatic carbocycles. The number of amides is 1. The van der Waals surface area contributed by atoms with Gasteiger partial charge in [-0.1, -0.05) is 26.0 Å². The third-order valence-electron chi connectivity index (χ3n) is 5.13. The number of ether oxygens (including phenoxy) is 1. The van der Waals surface area contributed by atoms with Crippen molar-refractivity contribution in [2.75, 3.05) is 7.11 Å². The molecular formula is C16H23FN2O2. The maximum atomic E-state index is 13.0. The number of halogens is 1. The molecule has 116 valence electrons. The van der Waals surface area contributed by atoms with Gasteiger partial charge in [-0.25, -0.2) is 4.39 Å². The van der Waals surface area contributed by atoms with Crippen LogP contribution < -0.4 is 11.1 Å². The van der Waals surface area contributed by atoms with Crippen LogP contribution in [0, 0.1) is 11.2 Å². The highest BCUT2D eigenvalue weighted by molar-refractivity contribution is 5.81. The summed E-state index contributed by atoms with van der Waals surface area (Å²) in [6, 6.07) is 5.30. The summed E-state index contributed by atoms with van der Waals surface area (Å²) in [5.41, 5.74) is 5.81. The topological polar surface area (TPSA) is 64.3 Å². The van der Waals surface area contributed by atoms with E-state index in [-0.39, 0.29) is 22.9 Å². The number of carbonyl (C=O) groups excluding carboxylic acids is 1. The minimum absolute atomic E-state index is 0.102. The van der Waals surface area contributed by atoms with E-state index in [0.29, 0.717) is 5.56 Å². The number of carbonyl (C=O) groups is 1. The third-order valence-corrected chi connectivity index (χ3v) is 5.13. The zero-order valence-electron chi connectivity index (χ0n) is 12.9. The summed E-state index contributed by atoms with van der Waals surface area (Å²) >= 11 is 0. The molecule has 0 bridgehead atoms. The Morgan fingerprint density at radius 3 is 2.38 bits per heavy atom. The normalized spacial score (nSPS) is 28.7. The molecule has 1 amide bonds. The fourth-order valence-electron chi connectivity index (χ4n) is 2.96. The van der Waals surface area contributed by atoms with Crippen LogP contribution in [0.25, 0.3) is 0 Å². The predicted molar refractivity (Wildman–Crippen MR) is 79.1 cm³/mol. The van der Waals surface area contributed by atoms with E-state index in [1.165, 1.54) is 12.1 Å². The van der Waals surface area contributed by atoms with E-state index in [1.807, 2.05) is 0 Å². The summed E-state index contributed by atoms with van der Waals surface area (Å²) in [5, 5.41) is 3.29. The molecule has 0 radical (unpaired) electrons. The van der Waals surface area contributed by atoms with E-state index in [0.717, 1.165) is 6.42 Å². The summed E-state index contributed by atoms with van der Waals surface area (Å²) in [6.07, 6.45) is 0.793. The van der Waals surface area contributed by atoms with E-state index in [1.54, 1.807) is 19.2 Å². The van der Waals surface area contributed by atoms with Gasteiger partial charge in [0, 0.05) is 18.6 Å². The second kappa shape index (κ2) is 5.39. The first-order chi connectivity index (χ1) is 9.71. The molecular weight excluding hydrogens is 271 g/mol. The van der Waals surface area contributed by atoms with Crippen LogP contribution in [0.1, 0.15) is 38.8 Å². The van der Waals surface area contributed by atoms with Gasteiger partial charge in [0.1, 0.15) is 11.9 Å². The highest BCUT2D eigenvalue weighted by Crippen LogP contribution is 2.52. The maximum absolute atomic E-state index is 13.0. The van der Waals surface area contributed by atoms with Crippen LogP contribution >= 0.6 is 0 Å². The Morgan fingerprint density at radius 1 is 1.38 bits per heavy atom. The average Bonchev–Trinajstić information content (AvgIpc) is 2.43. The second-order valence-electron chi connectivity index (χ2n) is 6.47. The number of nitrogens with one attached hydrogen (secondary N) is 1. The summed E-state index contributed by atoms with van der Waals surface area (Å²) in [6.45, 7) is 6.25. The van der Waals surface area contributed by atoms with E-state index in [2.05, 4.69) is 26.1 Å². The second-order valence-corrected chi connectivity index (χ2v) is 6.47. The number of methoxy groups -OCH3 is 1. The van der Waals surface area contributed by atoms with E-state index >= 15 is 0 Å². The molecule has 4 nitrogen and oxygen atoms in total. The molecule has 0 heterocycles. The Labute approximate surface area is 124 Å². The first-order valence-corrected chi connectivity index (χ1v) is 7.07. The van der Waals surface area contributed by atoms with Crippen molar-refractivity contribution in [1.82, 2.24) is 5.32 Å². The maximum Gasteiger partial charge on any atom is 0.239 e. The molecule has 2 rings (SSSR count). The lowest BCUT2D eigenvalue weighted by atomic mass is 9.55. The Hall–Kier alpha value is -1.46. The van der Waals surface area contributed by atoms with Gasteiger partial charge in [-0.2, -0.15) is 0 Å². The lowest BCUT2D eigenvalue weighted by Gasteiger charge is -2.59. The summed E-state index contributed by atoms with van der Waals surface area (Å²) in [7, 11) is 1.70. The molecule has 1 aromatic rings. The molecule has 5 heteroatoms. The molecule has 1 aromatic carbocycles. The van der Waals surface area contributed by atoms with Gasteiger partial charge in [-0.05, 0) is 31.0 Å². The van der Waals surface area contributed by atoms with E-state index in [9.17, 15) is 9.18 Å². The van der Waals surface area contributed by atoms with Gasteiger partial charge in [0.2, 0.25) is 5.91 Å². The van der Waals surface area contributed by atoms with Crippen molar-refractivity contribution >= 4 is 5.91 Å². The van der Waals surface area contributed by atoms with Crippen molar-refractivity contribution in [2.24, 2.45) is 11.1 Å². The largest absolute Gasteiger partial charge is 0.378 e. The number of benzene rings is 1. The van der Waals surface area contributed by atoms with Crippen molar-refractivity contribution in [3.8, 4) is 0 Å². The summed E-state index contributed by atoms with van der Waals surface area (Å²) in [4.78, 5) is 11.7. The fourth-order valence-corrected chi connectivity index (χ4v) is 2.96. The fraction of sp³-hybridized carbons (Fsp3) is 0.562. The highest BCUT2D eigenvalue weighted by atomic mass is 19.1. The quantitative estimate of drug-likeness (QED) is 0.874. The van der Waals surface area contributed by atoms with Crippen molar-refractivity contribution in [3.63, 3.8) is 0 Å². The minimum Gasteiger partial charge on any atom is -0.378 e. The number of hydrogen-bond donors (Lipinski definition) is 2. The summed E-state index contributed by atoms with van der Waals surface area (Å²) in [5.74, 6) is -0.804. The predicted octanol–water partition coefficient (Wildman–Crippen LogP) is 2.15. The molecule has 0 spiro atoms. The Bertz CT molecular complexity index is 530. The van der Waals surface area contributed by atoms with Crippen LogP contribution in [0.4, 0.5) is 4.39 Å². The lowest BCUT2D eigenvalue weighted by molar-refractivity contribution is -0.183. The van der Waals surface area contributed by atoms with E-state index < -0.39 is 11.9 Å².